The van der Waals surface area contributed by atoms with Crippen LogP contribution in [-0.2, 0) is 10.0 Å². The number of halogens is 1. The number of carbonyl (C=O) groups excluding carboxylic acids is 1. The maximum Gasteiger partial charge on any atom is 0.317 e. The lowest BCUT2D eigenvalue weighted by Crippen LogP contribution is -2.51. The number of amides is 2. The van der Waals surface area contributed by atoms with Gasteiger partial charge in [0.2, 0.25) is 10.0 Å². The lowest BCUT2D eigenvalue weighted by atomic mass is 10.0. The van der Waals surface area contributed by atoms with Crippen LogP contribution in [0.25, 0.3) is 11.1 Å². The van der Waals surface area contributed by atoms with Gasteiger partial charge in [-0.25, -0.2) is 17.6 Å². The SMILES string of the molecule is CCCNC(=O)N(C)C[C@H]1Oc2cc(-c3ccccc3F)ccc2S(=O)(=O)N([C@H](C)CO)C[C@@H]1C. The second-order valence-corrected chi connectivity index (χ2v) is 10.9. The summed E-state index contributed by atoms with van der Waals surface area (Å²) in [5, 5.41) is 12.6. The number of urea groups is 1. The Morgan fingerprint density at radius 2 is 2.03 bits per heavy atom. The molecule has 0 saturated carbocycles. The number of ether oxygens (including phenoxy) is 1. The smallest absolute Gasteiger partial charge is 0.317 e. The highest BCUT2D eigenvalue weighted by molar-refractivity contribution is 7.89. The fraction of sp³-hybridized carbons (Fsp3) is 0.480. The molecule has 0 unspecified atom stereocenters. The van der Waals surface area contributed by atoms with Crippen LogP contribution in [-0.4, -0.2) is 74.2 Å². The molecule has 0 saturated heterocycles. The van der Waals surface area contributed by atoms with E-state index in [2.05, 4.69) is 5.32 Å². The zero-order valence-corrected chi connectivity index (χ0v) is 21.4. The Morgan fingerprint density at radius 3 is 2.69 bits per heavy atom. The summed E-state index contributed by atoms with van der Waals surface area (Å²) in [4.78, 5) is 13.9. The lowest BCUT2D eigenvalue weighted by Gasteiger charge is -2.37. The molecule has 0 fully saturated rings. The number of fused-ring (bicyclic) bond motifs is 1. The van der Waals surface area contributed by atoms with Crippen LogP contribution in [0.3, 0.4) is 0 Å². The van der Waals surface area contributed by atoms with E-state index in [9.17, 15) is 22.7 Å². The number of benzene rings is 2. The summed E-state index contributed by atoms with van der Waals surface area (Å²) in [6, 6.07) is 9.80. The second-order valence-electron chi connectivity index (χ2n) is 8.99. The Morgan fingerprint density at radius 1 is 1.31 bits per heavy atom. The van der Waals surface area contributed by atoms with Crippen molar-refractivity contribution in [2.24, 2.45) is 5.92 Å². The molecular formula is C25H34FN3O5S. The van der Waals surface area contributed by atoms with E-state index in [1.807, 2.05) is 13.8 Å². The van der Waals surface area contributed by atoms with Gasteiger partial charge in [0.05, 0.1) is 13.2 Å². The molecule has 0 spiro atoms. The van der Waals surface area contributed by atoms with Crippen LogP contribution in [0.1, 0.15) is 27.2 Å². The number of sulfonamides is 1. The fourth-order valence-corrected chi connectivity index (χ4v) is 5.85. The first kappa shape index (κ1) is 26.9. The summed E-state index contributed by atoms with van der Waals surface area (Å²) in [6.07, 6.45) is 0.249. The first-order valence-electron chi connectivity index (χ1n) is 11.8. The minimum Gasteiger partial charge on any atom is -0.487 e. The van der Waals surface area contributed by atoms with Crippen molar-refractivity contribution in [1.29, 1.82) is 0 Å². The van der Waals surface area contributed by atoms with Crippen molar-refractivity contribution in [2.45, 2.75) is 44.2 Å². The van der Waals surface area contributed by atoms with Gasteiger partial charge >= 0.3 is 6.03 Å². The van der Waals surface area contributed by atoms with Gasteiger partial charge in [-0.3, -0.25) is 0 Å². The van der Waals surface area contributed by atoms with Crippen molar-refractivity contribution in [3.8, 4) is 16.9 Å². The van der Waals surface area contributed by atoms with Crippen molar-refractivity contribution < 1.29 is 27.4 Å². The highest BCUT2D eigenvalue weighted by Crippen LogP contribution is 2.37. The summed E-state index contributed by atoms with van der Waals surface area (Å²) in [5.41, 5.74) is 0.791. The maximum atomic E-state index is 14.5. The molecule has 1 heterocycles. The maximum absolute atomic E-state index is 14.5. The van der Waals surface area contributed by atoms with E-state index >= 15 is 0 Å². The number of nitrogens with one attached hydrogen (secondary N) is 1. The number of aliphatic hydroxyl groups is 1. The fourth-order valence-electron chi connectivity index (χ4n) is 4.03. The van der Waals surface area contributed by atoms with Gasteiger partial charge in [-0.2, -0.15) is 4.31 Å². The van der Waals surface area contributed by atoms with E-state index in [1.165, 1.54) is 27.4 Å². The number of hydrogen-bond acceptors (Lipinski definition) is 5. The molecule has 10 heteroatoms. The molecule has 1 aliphatic rings. The van der Waals surface area contributed by atoms with Crippen LogP contribution < -0.4 is 10.1 Å². The van der Waals surface area contributed by atoms with Crippen molar-refractivity contribution >= 4 is 16.1 Å². The average molecular weight is 508 g/mol. The van der Waals surface area contributed by atoms with Gasteiger partial charge in [0.15, 0.2) is 0 Å². The molecule has 8 nitrogen and oxygen atoms in total. The Hall–Kier alpha value is -2.69. The van der Waals surface area contributed by atoms with Crippen LogP contribution in [0, 0.1) is 11.7 Å². The standard InChI is InChI=1S/C25H34FN3O5S/c1-5-12-27-25(31)28(4)15-23-17(2)14-29(18(3)16-30)35(32,33)24-11-10-19(13-22(24)34-23)20-8-6-7-9-21(20)26/h6-11,13,17-18,23,30H,5,12,14-16H2,1-4H3,(H,27,31)/t17-,18+,23+/m0/s1. The molecule has 0 bridgehead atoms. The van der Waals surface area contributed by atoms with Crippen molar-refractivity contribution in [3.63, 3.8) is 0 Å². The number of likely N-dealkylation sites (N-methyl/N-ethyl adjacent to an activating group) is 1. The molecule has 0 aliphatic carbocycles. The normalized spacial score (nSPS) is 20.6. The van der Waals surface area contributed by atoms with E-state index < -0.39 is 28.0 Å². The average Bonchev–Trinajstić information content (AvgIpc) is 2.84. The zero-order chi connectivity index (χ0) is 25.8. The van der Waals surface area contributed by atoms with Gasteiger partial charge in [-0.15, -0.1) is 0 Å². The number of nitrogens with zero attached hydrogens (tertiary/aromatic N) is 2. The molecule has 192 valence electrons. The minimum absolute atomic E-state index is 0.0622. The topological polar surface area (TPSA) is 99.2 Å². The number of rotatable bonds is 7. The van der Waals surface area contributed by atoms with Gasteiger partial charge in [0.25, 0.3) is 0 Å². The van der Waals surface area contributed by atoms with Gasteiger partial charge in [-0.1, -0.05) is 38.1 Å². The van der Waals surface area contributed by atoms with Crippen LogP contribution >= 0.6 is 0 Å². The van der Waals surface area contributed by atoms with Gasteiger partial charge in [-0.05, 0) is 37.1 Å². The van der Waals surface area contributed by atoms with E-state index in [0.717, 1.165) is 6.42 Å². The first-order chi connectivity index (χ1) is 16.6. The monoisotopic (exact) mass is 507 g/mol. The predicted molar refractivity (Wildman–Crippen MR) is 132 cm³/mol. The van der Waals surface area contributed by atoms with E-state index in [-0.39, 0.29) is 42.3 Å². The third-order valence-corrected chi connectivity index (χ3v) is 8.20. The Kier molecular flexibility index (Phi) is 8.74. The van der Waals surface area contributed by atoms with Crippen molar-refractivity contribution in [3.05, 3.63) is 48.3 Å². The second kappa shape index (κ2) is 11.4. The number of carbonyl (C=O) groups is 1. The Labute approximate surface area is 206 Å². The van der Waals surface area contributed by atoms with E-state index in [0.29, 0.717) is 17.7 Å². The molecule has 2 N–H and O–H groups in total. The van der Waals surface area contributed by atoms with Crippen molar-refractivity contribution in [1.82, 2.24) is 14.5 Å². The van der Waals surface area contributed by atoms with Crippen LogP contribution in [0.4, 0.5) is 9.18 Å². The summed E-state index contributed by atoms with van der Waals surface area (Å²) in [7, 11) is -2.36. The van der Waals surface area contributed by atoms with Gasteiger partial charge in [0, 0.05) is 37.7 Å². The molecule has 3 rings (SSSR count). The van der Waals surface area contributed by atoms with Gasteiger partial charge < -0.3 is 20.1 Å². The summed E-state index contributed by atoms with van der Waals surface area (Å²) in [5.74, 6) is -0.667. The lowest BCUT2D eigenvalue weighted by molar-refractivity contribution is 0.0813. The Balaban J connectivity index is 2.07. The minimum atomic E-state index is -4.01. The highest BCUT2D eigenvalue weighted by atomic mass is 32.2. The predicted octanol–water partition coefficient (Wildman–Crippen LogP) is 3.31. The van der Waals surface area contributed by atoms with Crippen LogP contribution in [0.2, 0.25) is 0 Å². The molecular weight excluding hydrogens is 473 g/mol. The molecule has 2 aromatic carbocycles. The molecule has 1 aliphatic heterocycles. The number of aliphatic hydroxyl groups excluding tert-OH is 1. The van der Waals surface area contributed by atoms with Crippen LogP contribution in [0.15, 0.2) is 47.4 Å². The molecule has 35 heavy (non-hydrogen) atoms. The third kappa shape index (κ3) is 5.94. The molecule has 2 amide bonds. The molecule has 2 aromatic rings. The zero-order valence-electron chi connectivity index (χ0n) is 20.6. The highest BCUT2D eigenvalue weighted by Gasteiger charge is 2.38. The van der Waals surface area contributed by atoms with E-state index in [1.54, 1.807) is 38.2 Å². The summed E-state index contributed by atoms with van der Waals surface area (Å²) < 4.78 is 49.2. The summed E-state index contributed by atoms with van der Waals surface area (Å²) in [6.45, 7) is 5.95. The van der Waals surface area contributed by atoms with Gasteiger partial charge in [0.1, 0.15) is 22.6 Å². The largest absolute Gasteiger partial charge is 0.487 e. The molecule has 3 atom stereocenters. The molecule has 0 radical (unpaired) electrons. The molecule has 0 aromatic heterocycles. The Bertz CT molecular complexity index is 1140. The van der Waals surface area contributed by atoms with Crippen molar-refractivity contribution in [2.75, 3.05) is 33.3 Å². The summed E-state index contributed by atoms with van der Waals surface area (Å²) >= 11 is 0. The number of hydrogen-bond donors (Lipinski definition) is 2. The quantitative estimate of drug-likeness (QED) is 0.599. The van der Waals surface area contributed by atoms with E-state index in [4.69, 9.17) is 4.74 Å². The first-order valence-corrected chi connectivity index (χ1v) is 13.2. The van der Waals surface area contributed by atoms with Crippen LogP contribution in [0.5, 0.6) is 5.75 Å². The third-order valence-electron chi connectivity index (χ3n) is 6.18.